The minimum Gasteiger partial charge on any atom is -0.496 e. The number of rotatable bonds is 3. The fourth-order valence-electron chi connectivity index (χ4n) is 1.84. The molecule has 1 N–H and O–H groups in total. The van der Waals surface area contributed by atoms with E-state index in [0.29, 0.717) is 11.8 Å². The highest BCUT2D eigenvalue weighted by Gasteiger charge is 2.21. The fraction of sp³-hybridized carbons (Fsp3) is 0.143. The Labute approximate surface area is 114 Å². The van der Waals surface area contributed by atoms with Gasteiger partial charge in [0.2, 0.25) is 0 Å². The molecule has 0 bridgehead atoms. The molecule has 0 heterocycles. The van der Waals surface area contributed by atoms with Gasteiger partial charge in [-0.25, -0.2) is 8.78 Å². The summed E-state index contributed by atoms with van der Waals surface area (Å²) in [7, 11) is 1.42. The van der Waals surface area contributed by atoms with Crippen LogP contribution < -0.4 is 4.74 Å². The van der Waals surface area contributed by atoms with Crippen molar-refractivity contribution >= 4 is 11.6 Å². The third-order valence-electron chi connectivity index (χ3n) is 2.76. The lowest BCUT2D eigenvalue weighted by Gasteiger charge is -2.17. The monoisotopic (exact) mass is 284 g/mol. The second-order valence-electron chi connectivity index (χ2n) is 3.92. The Balaban J connectivity index is 2.52. The van der Waals surface area contributed by atoms with Crippen LogP contribution in [0.1, 0.15) is 17.2 Å². The maximum absolute atomic E-state index is 13.7. The van der Waals surface area contributed by atoms with E-state index >= 15 is 0 Å². The summed E-state index contributed by atoms with van der Waals surface area (Å²) in [6.45, 7) is 0. The van der Waals surface area contributed by atoms with Crippen molar-refractivity contribution in [3.8, 4) is 5.75 Å². The first-order chi connectivity index (χ1) is 9.04. The van der Waals surface area contributed by atoms with Gasteiger partial charge < -0.3 is 9.84 Å². The minimum atomic E-state index is -1.33. The Bertz CT molecular complexity index is 602. The average molecular weight is 285 g/mol. The Hall–Kier alpha value is -1.65. The van der Waals surface area contributed by atoms with E-state index in [1.807, 2.05) is 0 Å². The van der Waals surface area contributed by atoms with Gasteiger partial charge in [-0.3, -0.25) is 0 Å². The molecular formula is C14H11ClF2O2. The number of hydrogen-bond acceptors (Lipinski definition) is 2. The van der Waals surface area contributed by atoms with Crippen molar-refractivity contribution in [1.82, 2.24) is 0 Å². The highest BCUT2D eigenvalue weighted by Crippen LogP contribution is 2.36. The lowest BCUT2D eigenvalue weighted by Crippen LogP contribution is -2.06. The summed E-state index contributed by atoms with van der Waals surface area (Å²) in [5, 5.41) is 10.5. The van der Waals surface area contributed by atoms with Crippen LogP contribution in [-0.4, -0.2) is 12.2 Å². The molecule has 2 nitrogen and oxygen atoms in total. The molecule has 2 aromatic carbocycles. The zero-order valence-corrected chi connectivity index (χ0v) is 10.8. The molecule has 19 heavy (non-hydrogen) atoms. The van der Waals surface area contributed by atoms with Gasteiger partial charge in [0.25, 0.3) is 0 Å². The van der Waals surface area contributed by atoms with Gasteiger partial charge in [-0.2, -0.15) is 0 Å². The van der Waals surface area contributed by atoms with E-state index in [1.54, 1.807) is 18.2 Å². The number of aliphatic hydroxyl groups is 1. The van der Waals surface area contributed by atoms with Crippen molar-refractivity contribution in [3.05, 3.63) is 64.2 Å². The van der Waals surface area contributed by atoms with E-state index in [2.05, 4.69) is 0 Å². The van der Waals surface area contributed by atoms with Crippen LogP contribution in [0.2, 0.25) is 5.02 Å². The molecule has 0 aliphatic rings. The molecular weight excluding hydrogens is 274 g/mol. The molecule has 100 valence electrons. The van der Waals surface area contributed by atoms with Crippen molar-refractivity contribution in [3.63, 3.8) is 0 Å². The van der Waals surface area contributed by atoms with Crippen LogP contribution in [0.4, 0.5) is 8.78 Å². The number of aliphatic hydroxyl groups excluding tert-OH is 1. The fourth-order valence-corrected chi connectivity index (χ4v) is 2.11. The number of hydrogen-bond donors (Lipinski definition) is 1. The van der Waals surface area contributed by atoms with E-state index in [4.69, 9.17) is 16.3 Å². The molecule has 0 amide bonds. The highest BCUT2D eigenvalue weighted by molar-refractivity contribution is 6.31. The Morgan fingerprint density at radius 2 is 1.95 bits per heavy atom. The Morgan fingerprint density at radius 3 is 2.58 bits per heavy atom. The molecule has 0 saturated heterocycles. The van der Waals surface area contributed by atoms with Gasteiger partial charge in [0.1, 0.15) is 23.5 Å². The largest absolute Gasteiger partial charge is 0.496 e. The predicted molar refractivity (Wildman–Crippen MR) is 68.4 cm³/mol. The second-order valence-corrected chi connectivity index (χ2v) is 4.33. The lowest BCUT2D eigenvalue weighted by molar-refractivity contribution is 0.209. The molecule has 2 aromatic rings. The van der Waals surface area contributed by atoms with Crippen LogP contribution in [0.15, 0.2) is 36.4 Å². The first-order valence-electron chi connectivity index (χ1n) is 5.50. The van der Waals surface area contributed by atoms with Crippen molar-refractivity contribution < 1.29 is 18.6 Å². The Kier molecular flexibility index (Phi) is 4.02. The van der Waals surface area contributed by atoms with Crippen molar-refractivity contribution in [2.24, 2.45) is 0 Å². The molecule has 0 fully saturated rings. The summed E-state index contributed by atoms with van der Waals surface area (Å²) in [6, 6.07) is 7.78. The third-order valence-corrected chi connectivity index (χ3v) is 3.09. The summed E-state index contributed by atoms with van der Waals surface area (Å²) >= 11 is 6.00. The van der Waals surface area contributed by atoms with E-state index in [0.717, 1.165) is 6.07 Å². The number of benzene rings is 2. The van der Waals surface area contributed by atoms with Gasteiger partial charge in [-0.1, -0.05) is 23.7 Å². The second kappa shape index (κ2) is 5.55. The summed E-state index contributed by atoms with van der Waals surface area (Å²) in [5.41, 5.74) is 0.185. The van der Waals surface area contributed by atoms with Crippen LogP contribution in [0.3, 0.4) is 0 Å². The highest BCUT2D eigenvalue weighted by atomic mass is 35.5. The average Bonchev–Trinajstić information content (AvgIpc) is 2.37. The molecule has 0 spiro atoms. The van der Waals surface area contributed by atoms with E-state index in [-0.39, 0.29) is 16.1 Å². The number of methoxy groups -OCH3 is 1. The number of ether oxygens (including phenoxy) is 1. The van der Waals surface area contributed by atoms with Gasteiger partial charge in [-0.15, -0.1) is 0 Å². The smallest absolute Gasteiger partial charge is 0.132 e. The van der Waals surface area contributed by atoms with E-state index < -0.39 is 17.7 Å². The third kappa shape index (κ3) is 2.69. The van der Waals surface area contributed by atoms with Gasteiger partial charge in [-0.05, 0) is 18.2 Å². The maximum atomic E-state index is 13.7. The van der Waals surface area contributed by atoms with Crippen molar-refractivity contribution in [1.29, 1.82) is 0 Å². The normalized spacial score (nSPS) is 12.3. The van der Waals surface area contributed by atoms with Gasteiger partial charge >= 0.3 is 0 Å². The molecule has 0 aliphatic heterocycles. The van der Waals surface area contributed by atoms with Gasteiger partial charge in [0.15, 0.2) is 0 Å². The van der Waals surface area contributed by atoms with Crippen molar-refractivity contribution in [2.45, 2.75) is 6.10 Å². The summed E-state index contributed by atoms with van der Waals surface area (Å²) in [4.78, 5) is 0. The van der Waals surface area contributed by atoms with Crippen LogP contribution >= 0.6 is 11.6 Å². The maximum Gasteiger partial charge on any atom is 0.132 e. The van der Waals surface area contributed by atoms with Crippen molar-refractivity contribution in [2.75, 3.05) is 7.11 Å². The quantitative estimate of drug-likeness (QED) is 0.931. The van der Waals surface area contributed by atoms with Crippen LogP contribution in [-0.2, 0) is 0 Å². The standard InChI is InChI=1S/C14H11ClF2O2/c1-19-12-4-2-3-10(15)13(12)14(18)9-6-5-8(16)7-11(9)17/h2-7,14,18H,1H3. The zero-order chi connectivity index (χ0) is 14.0. The molecule has 1 atom stereocenters. The first-order valence-corrected chi connectivity index (χ1v) is 5.87. The van der Waals surface area contributed by atoms with Crippen LogP contribution in [0.25, 0.3) is 0 Å². The molecule has 0 aliphatic carbocycles. The first kappa shape index (κ1) is 13.8. The number of halogens is 3. The van der Waals surface area contributed by atoms with Gasteiger partial charge in [0, 0.05) is 17.2 Å². The van der Waals surface area contributed by atoms with Crippen LogP contribution in [0.5, 0.6) is 5.75 Å². The topological polar surface area (TPSA) is 29.5 Å². The van der Waals surface area contributed by atoms with Crippen LogP contribution in [0, 0.1) is 11.6 Å². The van der Waals surface area contributed by atoms with E-state index in [1.165, 1.54) is 13.2 Å². The molecule has 0 radical (unpaired) electrons. The predicted octanol–water partition coefficient (Wildman–Crippen LogP) is 3.71. The lowest BCUT2D eigenvalue weighted by atomic mass is 10.00. The SMILES string of the molecule is COc1cccc(Cl)c1C(O)c1ccc(F)cc1F. The molecule has 0 saturated carbocycles. The minimum absolute atomic E-state index is 0.0622. The molecule has 0 aromatic heterocycles. The molecule has 1 unspecified atom stereocenters. The summed E-state index contributed by atoms with van der Waals surface area (Å²) < 4.78 is 31.6. The Morgan fingerprint density at radius 1 is 1.21 bits per heavy atom. The van der Waals surface area contributed by atoms with Gasteiger partial charge in [0.05, 0.1) is 12.1 Å². The zero-order valence-electron chi connectivity index (χ0n) is 10.0. The molecule has 5 heteroatoms. The van der Waals surface area contributed by atoms with E-state index in [9.17, 15) is 13.9 Å². The summed E-state index contributed by atoms with van der Waals surface area (Å²) in [6.07, 6.45) is -1.33. The molecule has 2 rings (SSSR count). The summed E-state index contributed by atoms with van der Waals surface area (Å²) in [5.74, 6) is -1.21.